The van der Waals surface area contributed by atoms with E-state index in [0.29, 0.717) is 24.7 Å². The molecule has 9 heteroatoms. The van der Waals surface area contributed by atoms with E-state index in [9.17, 15) is 22.6 Å². The first-order chi connectivity index (χ1) is 12.0. The van der Waals surface area contributed by atoms with E-state index >= 15 is 0 Å². The van der Waals surface area contributed by atoms with Crippen molar-refractivity contribution in [2.45, 2.75) is 45.4 Å². The Morgan fingerprint density at radius 1 is 0.963 bits per heavy atom. The molecule has 0 saturated heterocycles. The normalized spacial score (nSPS) is 11.2. The summed E-state index contributed by atoms with van der Waals surface area (Å²) in [6, 6.07) is 3.33. The fourth-order valence-corrected chi connectivity index (χ4v) is 2.67. The van der Waals surface area contributed by atoms with E-state index in [1.807, 2.05) is 27.7 Å². The molecule has 27 heavy (non-hydrogen) atoms. The van der Waals surface area contributed by atoms with Crippen LogP contribution in [0, 0.1) is 11.8 Å². The standard InChI is InChI=1S/C18H26O7S.Na.H/c1-12(2)7-9-24-17(19)14-5-6-15(16(11-14)26(21,22)23)18(20)25-10-8-13(3)4;;/h5-6,11-13H,7-10H2,1-4H3,(H,21,22,23);;. The van der Waals surface area contributed by atoms with E-state index in [4.69, 9.17) is 9.47 Å². The van der Waals surface area contributed by atoms with Crippen LogP contribution in [0.25, 0.3) is 0 Å². The first-order valence-electron chi connectivity index (χ1n) is 8.48. The molecule has 0 aliphatic carbocycles. The van der Waals surface area contributed by atoms with Gasteiger partial charge in [-0.1, -0.05) is 27.7 Å². The minimum absolute atomic E-state index is 0. The van der Waals surface area contributed by atoms with E-state index in [0.717, 1.165) is 12.1 Å². The Kier molecular flexibility index (Phi) is 11.4. The molecule has 1 aromatic rings. The van der Waals surface area contributed by atoms with Crippen molar-refractivity contribution >= 4 is 51.6 Å². The Labute approximate surface area is 182 Å². The zero-order valence-corrected chi connectivity index (χ0v) is 16.3. The number of hydrogen-bond acceptors (Lipinski definition) is 6. The first kappa shape index (κ1) is 26.1. The number of ether oxygens (including phenoxy) is 2. The summed E-state index contributed by atoms with van der Waals surface area (Å²) in [5, 5.41) is 0. The van der Waals surface area contributed by atoms with Gasteiger partial charge in [0.15, 0.2) is 0 Å². The fourth-order valence-electron chi connectivity index (χ4n) is 1.97. The third-order valence-electron chi connectivity index (χ3n) is 3.57. The topological polar surface area (TPSA) is 107 Å². The molecule has 0 amide bonds. The summed E-state index contributed by atoms with van der Waals surface area (Å²) < 4.78 is 42.7. The Bertz CT molecular complexity index is 742. The van der Waals surface area contributed by atoms with Gasteiger partial charge in [0.2, 0.25) is 0 Å². The van der Waals surface area contributed by atoms with Crippen LogP contribution in [0.2, 0.25) is 0 Å². The van der Waals surface area contributed by atoms with Crippen LogP contribution >= 0.6 is 0 Å². The van der Waals surface area contributed by atoms with Crippen LogP contribution in [0.4, 0.5) is 0 Å². The van der Waals surface area contributed by atoms with E-state index in [-0.39, 0.29) is 53.9 Å². The molecule has 0 aromatic heterocycles. The van der Waals surface area contributed by atoms with Crippen molar-refractivity contribution in [3.63, 3.8) is 0 Å². The number of benzene rings is 1. The predicted octanol–water partition coefficient (Wildman–Crippen LogP) is 2.69. The van der Waals surface area contributed by atoms with Gasteiger partial charge in [0.05, 0.1) is 24.3 Å². The van der Waals surface area contributed by atoms with Gasteiger partial charge in [0.1, 0.15) is 4.90 Å². The van der Waals surface area contributed by atoms with Crippen LogP contribution in [0.5, 0.6) is 0 Å². The molecule has 7 nitrogen and oxygen atoms in total. The van der Waals surface area contributed by atoms with Gasteiger partial charge in [-0.2, -0.15) is 8.42 Å². The van der Waals surface area contributed by atoms with E-state index in [1.165, 1.54) is 6.07 Å². The Morgan fingerprint density at radius 3 is 1.89 bits per heavy atom. The first-order valence-corrected chi connectivity index (χ1v) is 9.92. The molecule has 1 N–H and O–H groups in total. The third-order valence-corrected chi connectivity index (χ3v) is 4.47. The predicted molar refractivity (Wildman–Crippen MR) is 103 cm³/mol. The average molecular weight is 410 g/mol. The van der Waals surface area contributed by atoms with Crippen molar-refractivity contribution in [2.24, 2.45) is 11.8 Å². The molecule has 0 aliphatic rings. The molecule has 148 valence electrons. The summed E-state index contributed by atoms with van der Waals surface area (Å²) in [7, 11) is -4.72. The van der Waals surface area contributed by atoms with Crippen LogP contribution in [0.3, 0.4) is 0 Å². The number of hydrogen-bond donors (Lipinski definition) is 1. The summed E-state index contributed by atoms with van der Waals surface area (Å²) >= 11 is 0. The second kappa shape index (κ2) is 11.8. The zero-order chi connectivity index (χ0) is 19.9. The molecule has 1 aromatic carbocycles. The summed E-state index contributed by atoms with van der Waals surface area (Å²) in [4.78, 5) is 23.5. The van der Waals surface area contributed by atoms with Gasteiger partial charge in [0.25, 0.3) is 10.1 Å². The monoisotopic (exact) mass is 410 g/mol. The molecule has 0 saturated carbocycles. The second-order valence-corrected chi connectivity index (χ2v) is 8.21. The van der Waals surface area contributed by atoms with Gasteiger partial charge in [-0.15, -0.1) is 0 Å². The molecule has 0 bridgehead atoms. The van der Waals surface area contributed by atoms with E-state index in [1.54, 1.807) is 0 Å². The summed E-state index contributed by atoms with van der Waals surface area (Å²) in [6.45, 7) is 8.18. The maximum absolute atomic E-state index is 12.1. The number of rotatable bonds is 9. The quantitative estimate of drug-likeness (QED) is 0.379. The minimum atomic E-state index is -4.72. The molecule has 0 aliphatic heterocycles. The van der Waals surface area contributed by atoms with Crippen molar-refractivity contribution in [1.82, 2.24) is 0 Å². The number of carbonyl (C=O) groups excluding carboxylic acids is 2. The molecule has 0 spiro atoms. The third kappa shape index (κ3) is 9.21. The maximum atomic E-state index is 12.1. The zero-order valence-electron chi connectivity index (χ0n) is 15.5. The molecule has 0 unspecified atom stereocenters. The molecular weight excluding hydrogens is 383 g/mol. The Morgan fingerprint density at radius 2 is 1.44 bits per heavy atom. The van der Waals surface area contributed by atoms with Crippen molar-refractivity contribution < 1.29 is 32.0 Å². The molecule has 1 rings (SSSR count). The van der Waals surface area contributed by atoms with Crippen molar-refractivity contribution in [3.8, 4) is 0 Å². The molecule has 0 heterocycles. The van der Waals surface area contributed by atoms with Crippen LogP contribution < -0.4 is 0 Å². The van der Waals surface area contributed by atoms with Gasteiger partial charge in [0, 0.05) is 0 Å². The second-order valence-electron chi connectivity index (χ2n) is 6.82. The molecule has 0 fully saturated rings. The Hall–Kier alpha value is -0.930. The van der Waals surface area contributed by atoms with Crippen molar-refractivity contribution in [3.05, 3.63) is 29.3 Å². The number of esters is 2. The van der Waals surface area contributed by atoms with Crippen LogP contribution in [-0.2, 0) is 19.6 Å². The van der Waals surface area contributed by atoms with Crippen LogP contribution in [0.15, 0.2) is 23.1 Å². The summed E-state index contributed by atoms with van der Waals surface area (Å²) in [5.74, 6) is -0.945. The molecular formula is C18H27NaO7S. The number of carbonyl (C=O) groups is 2. The van der Waals surface area contributed by atoms with Crippen molar-refractivity contribution in [1.29, 1.82) is 0 Å². The average Bonchev–Trinajstić information content (AvgIpc) is 2.52. The molecule has 0 radical (unpaired) electrons. The van der Waals surface area contributed by atoms with Gasteiger partial charge >= 0.3 is 41.5 Å². The van der Waals surface area contributed by atoms with Crippen LogP contribution in [-0.4, -0.2) is 67.7 Å². The summed E-state index contributed by atoms with van der Waals surface area (Å²) in [5.41, 5.74) is -0.393. The van der Waals surface area contributed by atoms with Gasteiger partial charge in [-0.3, -0.25) is 4.55 Å². The molecule has 0 atom stereocenters. The Balaban J connectivity index is 0.00000676. The van der Waals surface area contributed by atoms with Gasteiger partial charge in [-0.25, -0.2) is 9.59 Å². The fraction of sp³-hybridized carbons (Fsp3) is 0.556. The van der Waals surface area contributed by atoms with Gasteiger partial charge in [-0.05, 0) is 42.9 Å². The van der Waals surface area contributed by atoms with E-state index in [2.05, 4.69) is 0 Å². The van der Waals surface area contributed by atoms with Gasteiger partial charge < -0.3 is 9.47 Å². The summed E-state index contributed by atoms with van der Waals surface area (Å²) in [6.07, 6.45) is 1.28. The van der Waals surface area contributed by atoms with Crippen LogP contribution in [0.1, 0.15) is 61.3 Å². The van der Waals surface area contributed by atoms with E-state index < -0.39 is 27.0 Å². The SMILES string of the molecule is CC(C)CCOC(=O)c1ccc(C(=O)OCCC(C)C)c(S(=O)(=O)O)c1.[NaH]. The van der Waals surface area contributed by atoms with Crippen molar-refractivity contribution in [2.75, 3.05) is 13.2 Å².